The molecular weight excluding hydrogens is 218 g/mol. The van der Waals surface area contributed by atoms with Crippen LogP contribution in [-0.2, 0) is 0 Å². The molecule has 12 heavy (non-hydrogen) atoms. The zero-order valence-corrected chi connectivity index (χ0v) is 8.38. The lowest BCUT2D eigenvalue weighted by Gasteiger charge is -2.11. The number of furan rings is 1. The van der Waals surface area contributed by atoms with Gasteiger partial charge in [-0.05, 0) is 40.9 Å². The zero-order valence-electron chi connectivity index (χ0n) is 6.79. The maximum absolute atomic E-state index is 5.94. The Morgan fingerprint density at radius 1 is 1.42 bits per heavy atom. The Kier molecular flexibility index (Phi) is 2.24. The van der Waals surface area contributed by atoms with E-state index >= 15 is 0 Å². The molecule has 1 aliphatic carbocycles. The molecule has 1 heterocycles. The van der Waals surface area contributed by atoms with Crippen molar-refractivity contribution in [1.29, 1.82) is 0 Å². The number of nitrogens with two attached hydrogens (primary N) is 1. The Morgan fingerprint density at radius 2 is 2.25 bits per heavy atom. The molecule has 0 radical (unpaired) electrons. The minimum atomic E-state index is 0.294. The predicted molar refractivity (Wildman–Crippen MR) is 51.0 cm³/mol. The van der Waals surface area contributed by atoms with Crippen molar-refractivity contribution in [2.24, 2.45) is 5.73 Å². The highest BCUT2D eigenvalue weighted by atomic mass is 79.9. The van der Waals surface area contributed by atoms with Crippen molar-refractivity contribution in [1.82, 2.24) is 0 Å². The molecular formula is C9H12BrNO. The van der Waals surface area contributed by atoms with Crippen LogP contribution < -0.4 is 5.73 Å². The van der Waals surface area contributed by atoms with E-state index in [4.69, 9.17) is 10.2 Å². The second-order valence-corrected chi connectivity index (χ2v) is 4.12. The van der Waals surface area contributed by atoms with Crippen LogP contribution in [0.1, 0.15) is 30.9 Å². The van der Waals surface area contributed by atoms with Crippen LogP contribution in [0.5, 0.6) is 0 Å². The summed E-state index contributed by atoms with van der Waals surface area (Å²) in [6.45, 7) is 0. The Bertz CT molecular complexity index is 271. The van der Waals surface area contributed by atoms with E-state index in [1.165, 1.54) is 12.8 Å². The summed E-state index contributed by atoms with van der Waals surface area (Å²) in [7, 11) is 0. The van der Waals surface area contributed by atoms with Crippen LogP contribution in [0.4, 0.5) is 0 Å². The summed E-state index contributed by atoms with van der Waals surface area (Å²) in [5, 5.41) is 0. The standard InChI is InChI=1S/C9H12BrNO/c10-9-5-4-8(12-9)6-2-1-3-7(6)11/h4-7H,1-3,11H2. The molecule has 3 heteroatoms. The molecule has 0 spiro atoms. The van der Waals surface area contributed by atoms with Gasteiger partial charge in [0, 0.05) is 12.0 Å². The van der Waals surface area contributed by atoms with Gasteiger partial charge in [-0.2, -0.15) is 0 Å². The van der Waals surface area contributed by atoms with E-state index in [-0.39, 0.29) is 0 Å². The minimum absolute atomic E-state index is 0.294. The minimum Gasteiger partial charge on any atom is -0.454 e. The van der Waals surface area contributed by atoms with Crippen molar-refractivity contribution in [3.63, 3.8) is 0 Å². The SMILES string of the molecule is NC1CCCC1c1ccc(Br)o1. The van der Waals surface area contributed by atoms with Crippen molar-refractivity contribution in [2.45, 2.75) is 31.2 Å². The molecule has 2 N–H and O–H groups in total. The fraction of sp³-hybridized carbons (Fsp3) is 0.556. The first-order chi connectivity index (χ1) is 5.77. The van der Waals surface area contributed by atoms with Crippen molar-refractivity contribution in [3.8, 4) is 0 Å². The molecule has 2 unspecified atom stereocenters. The lowest BCUT2D eigenvalue weighted by Crippen LogP contribution is -2.22. The average molecular weight is 230 g/mol. The number of hydrogen-bond donors (Lipinski definition) is 1. The smallest absolute Gasteiger partial charge is 0.169 e. The van der Waals surface area contributed by atoms with Crippen LogP contribution in [0.2, 0.25) is 0 Å². The van der Waals surface area contributed by atoms with Crippen molar-refractivity contribution >= 4 is 15.9 Å². The van der Waals surface area contributed by atoms with E-state index in [9.17, 15) is 0 Å². The lowest BCUT2D eigenvalue weighted by molar-refractivity contribution is 0.429. The van der Waals surface area contributed by atoms with Gasteiger partial charge in [0.05, 0.1) is 0 Å². The van der Waals surface area contributed by atoms with Crippen LogP contribution >= 0.6 is 15.9 Å². The Labute approximate surface area is 80.3 Å². The molecule has 66 valence electrons. The molecule has 2 nitrogen and oxygen atoms in total. The van der Waals surface area contributed by atoms with Crippen molar-refractivity contribution < 1.29 is 4.42 Å². The maximum atomic E-state index is 5.94. The van der Waals surface area contributed by atoms with Crippen molar-refractivity contribution in [3.05, 3.63) is 22.6 Å². The molecule has 0 saturated heterocycles. The number of halogens is 1. The summed E-state index contributed by atoms with van der Waals surface area (Å²) in [4.78, 5) is 0. The van der Waals surface area contributed by atoms with E-state index in [0.717, 1.165) is 16.9 Å². The third-order valence-electron chi connectivity index (χ3n) is 2.53. The normalized spacial score (nSPS) is 29.5. The van der Waals surface area contributed by atoms with Crippen LogP contribution in [0.3, 0.4) is 0 Å². The molecule has 1 saturated carbocycles. The van der Waals surface area contributed by atoms with E-state index in [1.807, 2.05) is 12.1 Å². The van der Waals surface area contributed by atoms with Gasteiger partial charge in [-0.15, -0.1) is 0 Å². The first-order valence-corrected chi connectivity index (χ1v) is 5.07. The largest absolute Gasteiger partial charge is 0.454 e. The maximum Gasteiger partial charge on any atom is 0.169 e. The number of rotatable bonds is 1. The third kappa shape index (κ3) is 1.43. The number of hydrogen-bond acceptors (Lipinski definition) is 2. The second-order valence-electron chi connectivity index (χ2n) is 3.34. The average Bonchev–Trinajstić information content (AvgIpc) is 2.58. The lowest BCUT2D eigenvalue weighted by atomic mass is 10.0. The Morgan fingerprint density at radius 3 is 2.75 bits per heavy atom. The van der Waals surface area contributed by atoms with Crippen LogP contribution in [0, 0.1) is 0 Å². The summed E-state index contributed by atoms with van der Waals surface area (Å²) in [5.74, 6) is 1.48. The van der Waals surface area contributed by atoms with Gasteiger partial charge in [0.15, 0.2) is 4.67 Å². The van der Waals surface area contributed by atoms with Crippen LogP contribution in [0.25, 0.3) is 0 Å². The summed E-state index contributed by atoms with van der Waals surface area (Å²) in [6.07, 6.45) is 3.52. The quantitative estimate of drug-likeness (QED) is 0.805. The second kappa shape index (κ2) is 3.23. The summed E-state index contributed by atoms with van der Waals surface area (Å²) >= 11 is 3.29. The predicted octanol–water partition coefficient (Wildman–Crippen LogP) is 2.64. The van der Waals surface area contributed by atoms with E-state index in [1.54, 1.807) is 0 Å². The molecule has 1 aromatic heterocycles. The van der Waals surface area contributed by atoms with E-state index in [0.29, 0.717) is 12.0 Å². The van der Waals surface area contributed by atoms with Gasteiger partial charge in [-0.1, -0.05) is 6.42 Å². The molecule has 1 aromatic rings. The summed E-state index contributed by atoms with van der Waals surface area (Å²) in [5.41, 5.74) is 5.94. The molecule has 1 fully saturated rings. The third-order valence-corrected chi connectivity index (χ3v) is 2.96. The van der Waals surface area contributed by atoms with E-state index in [2.05, 4.69) is 15.9 Å². The Hall–Kier alpha value is -0.280. The van der Waals surface area contributed by atoms with Gasteiger partial charge in [-0.25, -0.2) is 0 Å². The summed E-state index contributed by atoms with van der Waals surface area (Å²) < 4.78 is 6.28. The summed E-state index contributed by atoms with van der Waals surface area (Å²) in [6, 6.07) is 4.24. The molecule has 2 atom stereocenters. The fourth-order valence-corrected chi connectivity index (χ4v) is 2.19. The van der Waals surface area contributed by atoms with Gasteiger partial charge in [0.25, 0.3) is 0 Å². The molecule has 0 bridgehead atoms. The first-order valence-electron chi connectivity index (χ1n) is 4.28. The van der Waals surface area contributed by atoms with Gasteiger partial charge in [0.1, 0.15) is 5.76 Å². The van der Waals surface area contributed by atoms with Crippen molar-refractivity contribution in [2.75, 3.05) is 0 Å². The Balaban J connectivity index is 2.19. The fourth-order valence-electron chi connectivity index (χ4n) is 1.87. The molecule has 2 rings (SSSR count). The highest BCUT2D eigenvalue weighted by Gasteiger charge is 2.27. The van der Waals surface area contributed by atoms with Gasteiger partial charge >= 0.3 is 0 Å². The molecule has 1 aliphatic rings. The highest BCUT2D eigenvalue weighted by Crippen LogP contribution is 2.34. The molecule has 0 aliphatic heterocycles. The van der Waals surface area contributed by atoms with E-state index < -0.39 is 0 Å². The van der Waals surface area contributed by atoms with Gasteiger partial charge in [0.2, 0.25) is 0 Å². The van der Waals surface area contributed by atoms with Crippen LogP contribution in [0.15, 0.2) is 21.2 Å². The first kappa shape index (κ1) is 8.32. The molecule has 0 amide bonds. The molecule has 0 aromatic carbocycles. The van der Waals surface area contributed by atoms with Gasteiger partial charge < -0.3 is 10.2 Å². The topological polar surface area (TPSA) is 39.2 Å². The highest BCUT2D eigenvalue weighted by molar-refractivity contribution is 9.10. The zero-order chi connectivity index (χ0) is 8.55. The van der Waals surface area contributed by atoms with Crippen LogP contribution in [-0.4, -0.2) is 6.04 Å². The monoisotopic (exact) mass is 229 g/mol. The van der Waals surface area contributed by atoms with Gasteiger partial charge in [-0.3, -0.25) is 0 Å².